The quantitative estimate of drug-likeness (QED) is 0.485. The van der Waals surface area contributed by atoms with Crippen LogP contribution in [0.5, 0.6) is 0 Å². The van der Waals surface area contributed by atoms with E-state index in [4.69, 9.17) is 0 Å². The van der Waals surface area contributed by atoms with Gasteiger partial charge in [-0.2, -0.15) is 0 Å². The molecule has 0 spiro atoms. The van der Waals surface area contributed by atoms with E-state index in [-0.39, 0.29) is 18.0 Å². The molecule has 1 aromatic carbocycles. The number of nitrogens with one attached hydrogen (secondary N) is 1. The van der Waals surface area contributed by atoms with Gasteiger partial charge < -0.3 is 5.32 Å². The summed E-state index contributed by atoms with van der Waals surface area (Å²) in [5.41, 5.74) is 2.92. The first-order chi connectivity index (χ1) is 14.0. The van der Waals surface area contributed by atoms with E-state index < -0.39 is 0 Å². The van der Waals surface area contributed by atoms with E-state index in [2.05, 4.69) is 53.4 Å². The Hall–Kier alpha value is -2.84. The number of hydrogen-bond donors (Lipinski definition) is 1. The summed E-state index contributed by atoms with van der Waals surface area (Å²) in [7, 11) is 0. The molecule has 4 aromatic rings. The highest BCUT2D eigenvalue weighted by atomic mass is 32.1. The number of benzene rings is 1. The Bertz CT molecular complexity index is 1210. The third kappa shape index (κ3) is 4.13. The fraction of sp³-hybridized carbons (Fsp3) is 0.238. The minimum absolute atomic E-state index is 0.101. The van der Waals surface area contributed by atoms with E-state index in [1.807, 2.05) is 10.8 Å². The van der Waals surface area contributed by atoms with Gasteiger partial charge >= 0.3 is 0 Å². The molecular formula is C21H20N4O2S2. The second kappa shape index (κ2) is 8.26. The number of carbonyl (C=O) groups excluding carboxylic acids is 1. The fourth-order valence-corrected chi connectivity index (χ4v) is 4.46. The first-order valence-electron chi connectivity index (χ1n) is 9.33. The number of aromatic nitrogens is 3. The van der Waals surface area contributed by atoms with Crippen molar-refractivity contribution < 1.29 is 4.79 Å². The van der Waals surface area contributed by atoms with Gasteiger partial charge in [0.1, 0.15) is 11.4 Å². The van der Waals surface area contributed by atoms with Crippen LogP contribution in [0.4, 0.5) is 5.13 Å². The Morgan fingerprint density at radius 3 is 2.76 bits per heavy atom. The molecule has 0 bridgehead atoms. The summed E-state index contributed by atoms with van der Waals surface area (Å²) < 4.78 is 1.31. The number of thiophene rings is 1. The molecule has 0 aliphatic rings. The van der Waals surface area contributed by atoms with Crippen molar-refractivity contribution in [2.45, 2.75) is 32.7 Å². The standard InChI is InChI=1S/C21H20N4O2S2/c1-3-13(2)14-4-6-15(7-5-14)17-11-29-21(23-17)24-18(26)10-25-12-22-19-16(20(25)27)8-9-28-19/h4-9,11-13H,3,10H2,1-2H3,(H,23,24,26)/t13-/m0/s1. The van der Waals surface area contributed by atoms with Crippen LogP contribution in [0, 0.1) is 0 Å². The molecule has 1 amide bonds. The number of fused-ring (bicyclic) bond motifs is 1. The number of amides is 1. The maximum atomic E-state index is 12.4. The lowest BCUT2D eigenvalue weighted by Crippen LogP contribution is -2.27. The number of anilines is 1. The molecule has 8 heteroatoms. The van der Waals surface area contributed by atoms with Crippen LogP contribution in [0.1, 0.15) is 31.7 Å². The molecule has 1 N–H and O–H groups in total. The molecule has 0 fully saturated rings. The molecule has 0 unspecified atom stereocenters. The zero-order chi connectivity index (χ0) is 20.4. The summed E-state index contributed by atoms with van der Waals surface area (Å²) >= 11 is 2.76. The largest absolute Gasteiger partial charge is 0.300 e. The number of nitrogens with zero attached hydrogens (tertiary/aromatic N) is 3. The Morgan fingerprint density at radius 1 is 1.21 bits per heavy atom. The average Bonchev–Trinajstić information content (AvgIpc) is 3.39. The Balaban J connectivity index is 1.45. The highest BCUT2D eigenvalue weighted by Crippen LogP contribution is 2.27. The van der Waals surface area contributed by atoms with Crippen LogP contribution in [-0.2, 0) is 11.3 Å². The van der Waals surface area contributed by atoms with Crippen LogP contribution in [0.3, 0.4) is 0 Å². The van der Waals surface area contributed by atoms with Crippen LogP contribution in [0.15, 0.2) is 52.2 Å². The van der Waals surface area contributed by atoms with Gasteiger partial charge in [-0.3, -0.25) is 14.2 Å². The molecule has 3 heterocycles. The van der Waals surface area contributed by atoms with Gasteiger partial charge in [0.2, 0.25) is 5.91 Å². The number of hydrogen-bond acceptors (Lipinski definition) is 6. The summed E-state index contributed by atoms with van der Waals surface area (Å²) in [5.74, 6) is 0.219. The van der Waals surface area contributed by atoms with Crippen LogP contribution in [-0.4, -0.2) is 20.4 Å². The van der Waals surface area contributed by atoms with Crippen molar-refractivity contribution in [2.24, 2.45) is 0 Å². The Morgan fingerprint density at radius 2 is 2.00 bits per heavy atom. The lowest BCUT2D eigenvalue weighted by Gasteiger charge is -2.09. The van der Waals surface area contributed by atoms with Crippen molar-refractivity contribution >= 4 is 43.9 Å². The number of thiazole rings is 1. The van der Waals surface area contributed by atoms with Crippen LogP contribution in [0.2, 0.25) is 0 Å². The summed E-state index contributed by atoms with van der Waals surface area (Å²) in [5, 5.41) is 7.54. The maximum absolute atomic E-state index is 12.4. The van der Waals surface area contributed by atoms with Crippen molar-refractivity contribution in [3.63, 3.8) is 0 Å². The molecule has 1 atom stereocenters. The predicted molar refractivity (Wildman–Crippen MR) is 119 cm³/mol. The van der Waals surface area contributed by atoms with E-state index in [0.29, 0.717) is 21.3 Å². The van der Waals surface area contributed by atoms with Gasteiger partial charge in [-0.05, 0) is 29.3 Å². The molecule has 0 radical (unpaired) electrons. The molecule has 0 saturated carbocycles. The molecule has 0 saturated heterocycles. The molecule has 0 aliphatic carbocycles. The summed E-state index contributed by atoms with van der Waals surface area (Å²) in [6.07, 6.45) is 2.51. The van der Waals surface area contributed by atoms with Crippen molar-refractivity contribution in [3.05, 3.63) is 63.3 Å². The highest BCUT2D eigenvalue weighted by Gasteiger charge is 2.12. The van der Waals surface area contributed by atoms with E-state index in [9.17, 15) is 9.59 Å². The van der Waals surface area contributed by atoms with Crippen molar-refractivity contribution in [3.8, 4) is 11.3 Å². The van der Waals surface area contributed by atoms with E-state index >= 15 is 0 Å². The fourth-order valence-electron chi connectivity index (χ4n) is 3.00. The minimum Gasteiger partial charge on any atom is -0.300 e. The molecule has 3 aromatic heterocycles. The van der Waals surface area contributed by atoms with E-state index in [1.54, 1.807) is 6.07 Å². The van der Waals surface area contributed by atoms with Gasteiger partial charge in [0, 0.05) is 10.9 Å². The molecular weight excluding hydrogens is 404 g/mol. The first kappa shape index (κ1) is 19.5. The highest BCUT2D eigenvalue weighted by molar-refractivity contribution is 7.16. The minimum atomic E-state index is -0.309. The normalized spacial score (nSPS) is 12.2. The van der Waals surface area contributed by atoms with Crippen molar-refractivity contribution in [2.75, 3.05) is 5.32 Å². The lowest BCUT2D eigenvalue weighted by atomic mass is 9.97. The van der Waals surface area contributed by atoms with Crippen LogP contribution in [0.25, 0.3) is 21.5 Å². The van der Waals surface area contributed by atoms with Gasteiger partial charge in [-0.25, -0.2) is 9.97 Å². The van der Waals surface area contributed by atoms with E-state index in [1.165, 1.54) is 39.1 Å². The smallest absolute Gasteiger partial charge is 0.262 e. The SMILES string of the molecule is CC[C@H](C)c1ccc(-c2csc(NC(=O)Cn3cnc4sccc4c3=O)n2)cc1. The van der Waals surface area contributed by atoms with E-state index in [0.717, 1.165) is 17.7 Å². The summed E-state index contributed by atoms with van der Waals surface area (Å²) in [6, 6.07) is 10.1. The molecule has 6 nitrogen and oxygen atoms in total. The molecule has 4 rings (SSSR count). The van der Waals surface area contributed by atoms with Crippen LogP contribution >= 0.6 is 22.7 Å². The van der Waals surface area contributed by atoms with Crippen molar-refractivity contribution in [1.82, 2.24) is 14.5 Å². The van der Waals surface area contributed by atoms with Gasteiger partial charge in [0.25, 0.3) is 5.56 Å². The Kier molecular flexibility index (Phi) is 5.55. The van der Waals surface area contributed by atoms with Gasteiger partial charge in [0.05, 0.1) is 17.4 Å². The average molecular weight is 425 g/mol. The third-order valence-corrected chi connectivity index (χ3v) is 6.48. The second-order valence-corrected chi connectivity index (χ2v) is 8.59. The summed E-state index contributed by atoms with van der Waals surface area (Å²) in [4.78, 5) is 34.2. The lowest BCUT2D eigenvalue weighted by molar-refractivity contribution is -0.116. The maximum Gasteiger partial charge on any atom is 0.262 e. The zero-order valence-electron chi connectivity index (χ0n) is 16.1. The van der Waals surface area contributed by atoms with Gasteiger partial charge in [-0.1, -0.05) is 38.1 Å². The number of rotatable bonds is 6. The predicted octanol–water partition coefficient (Wildman–Crippen LogP) is 4.73. The summed E-state index contributed by atoms with van der Waals surface area (Å²) in [6.45, 7) is 4.29. The van der Waals surface area contributed by atoms with Crippen molar-refractivity contribution in [1.29, 1.82) is 0 Å². The van der Waals surface area contributed by atoms with Crippen LogP contribution < -0.4 is 10.9 Å². The van der Waals surface area contributed by atoms with Gasteiger partial charge in [-0.15, -0.1) is 22.7 Å². The number of carbonyl (C=O) groups is 1. The second-order valence-electron chi connectivity index (χ2n) is 6.83. The topological polar surface area (TPSA) is 76.9 Å². The third-order valence-electron chi connectivity index (χ3n) is 4.90. The Labute approximate surface area is 175 Å². The molecule has 148 valence electrons. The van der Waals surface area contributed by atoms with Gasteiger partial charge in [0.15, 0.2) is 5.13 Å². The first-order valence-corrected chi connectivity index (χ1v) is 11.1. The molecule has 29 heavy (non-hydrogen) atoms. The zero-order valence-corrected chi connectivity index (χ0v) is 17.7. The monoisotopic (exact) mass is 424 g/mol. The molecule has 0 aliphatic heterocycles.